The van der Waals surface area contributed by atoms with E-state index in [2.05, 4.69) is 5.32 Å². The van der Waals surface area contributed by atoms with Crippen molar-refractivity contribution in [2.24, 2.45) is 0 Å². The Hall–Kier alpha value is -0.300. The van der Waals surface area contributed by atoms with E-state index >= 15 is 0 Å². The predicted molar refractivity (Wildman–Crippen MR) is 83.3 cm³/mol. The summed E-state index contributed by atoms with van der Waals surface area (Å²) in [5.74, 6) is 0.748. The third-order valence-electron chi connectivity index (χ3n) is 3.53. The average molecular weight is 304 g/mol. The fourth-order valence-corrected chi connectivity index (χ4v) is 3.46. The highest BCUT2D eigenvalue weighted by Crippen LogP contribution is 2.20. The molecule has 1 heterocycles. The van der Waals surface area contributed by atoms with Gasteiger partial charge in [0.25, 0.3) is 0 Å². The highest BCUT2D eigenvalue weighted by Gasteiger charge is 2.22. The van der Waals surface area contributed by atoms with Crippen LogP contribution in [0.5, 0.6) is 0 Å². The third kappa shape index (κ3) is 6.43. The van der Waals surface area contributed by atoms with Gasteiger partial charge in [0, 0.05) is 26.0 Å². The second-order valence-corrected chi connectivity index (χ2v) is 6.43. The molecule has 1 fully saturated rings. The minimum atomic E-state index is 0.0938. The van der Waals surface area contributed by atoms with Gasteiger partial charge in [-0.3, -0.25) is 4.79 Å². The topological polar surface area (TPSA) is 50.8 Å². The molecule has 118 valence electrons. The molecule has 0 radical (unpaired) electrons. The zero-order valence-electron chi connectivity index (χ0n) is 12.9. The molecule has 0 aromatic heterocycles. The van der Waals surface area contributed by atoms with Crippen LogP contribution in [0.25, 0.3) is 0 Å². The van der Waals surface area contributed by atoms with Gasteiger partial charge in [0.1, 0.15) is 0 Å². The van der Waals surface area contributed by atoms with Crippen molar-refractivity contribution >= 4 is 17.7 Å². The van der Waals surface area contributed by atoms with E-state index in [1.54, 1.807) is 26.0 Å². The lowest BCUT2D eigenvalue weighted by Gasteiger charge is -2.29. The number of nitrogens with zero attached hydrogens (tertiary/aromatic N) is 1. The first-order valence-corrected chi connectivity index (χ1v) is 8.33. The summed E-state index contributed by atoms with van der Waals surface area (Å²) < 4.78 is 10.3. The highest BCUT2D eigenvalue weighted by molar-refractivity contribution is 8.00. The summed E-state index contributed by atoms with van der Waals surface area (Å²) in [5.41, 5.74) is 0. The Labute approximate surface area is 126 Å². The molecule has 1 saturated heterocycles. The molecule has 0 spiro atoms. The van der Waals surface area contributed by atoms with Crippen LogP contribution in [0.15, 0.2) is 0 Å². The maximum absolute atomic E-state index is 12.4. The number of carbonyl (C=O) groups is 1. The van der Waals surface area contributed by atoms with E-state index in [-0.39, 0.29) is 11.9 Å². The molecule has 0 saturated carbocycles. The van der Waals surface area contributed by atoms with Crippen molar-refractivity contribution in [3.63, 3.8) is 0 Å². The van der Waals surface area contributed by atoms with Crippen LogP contribution in [0.2, 0.25) is 0 Å². The van der Waals surface area contributed by atoms with Crippen molar-refractivity contribution in [3.8, 4) is 0 Å². The van der Waals surface area contributed by atoms with Gasteiger partial charge in [0.2, 0.25) is 5.91 Å². The molecule has 1 rings (SSSR count). The van der Waals surface area contributed by atoms with Crippen LogP contribution in [0, 0.1) is 0 Å². The number of piperidine rings is 1. The van der Waals surface area contributed by atoms with Crippen LogP contribution < -0.4 is 5.32 Å². The lowest BCUT2D eigenvalue weighted by molar-refractivity contribution is -0.132. The number of hydrogen-bond donors (Lipinski definition) is 1. The number of amides is 1. The molecule has 1 unspecified atom stereocenters. The van der Waals surface area contributed by atoms with E-state index in [1.807, 2.05) is 11.8 Å². The summed E-state index contributed by atoms with van der Waals surface area (Å²) in [6, 6.07) is 0.0938. The number of hydrogen-bond acceptors (Lipinski definition) is 5. The first kappa shape index (κ1) is 17.8. The first-order chi connectivity index (χ1) is 9.69. The molecule has 1 aliphatic heterocycles. The normalized spacial score (nSPS) is 17.9. The van der Waals surface area contributed by atoms with Gasteiger partial charge in [-0.2, -0.15) is 0 Å². The maximum Gasteiger partial charge on any atom is 0.232 e. The Balaban J connectivity index is 2.40. The van der Waals surface area contributed by atoms with E-state index in [9.17, 15) is 4.79 Å². The number of thioether (sulfide) groups is 1. The molecule has 20 heavy (non-hydrogen) atoms. The molecule has 5 nitrogen and oxygen atoms in total. The Kier molecular flexibility index (Phi) is 9.26. The molecule has 6 heteroatoms. The van der Waals surface area contributed by atoms with E-state index in [0.717, 1.165) is 25.9 Å². The first-order valence-electron chi connectivity index (χ1n) is 7.28. The van der Waals surface area contributed by atoms with Crippen LogP contribution in [0.4, 0.5) is 0 Å². The fourth-order valence-electron chi connectivity index (χ4n) is 2.35. The van der Waals surface area contributed by atoms with Gasteiger partial charge >= 0.3 is 0 Å². The van der Waals surface area contributed by atoms with Gasteiger partial charge in [-0.25, -0.2) is 0 Å². The van der Waals surface area contributed by atoms with Crippen LogP contribution >= 0.6 is 11.8 Å². The van der Waals surface area contributed by atoms with Crippen LogP contribution in [-0.2, 0) is 14.3 Å². The van der Waals surface area contributed by atoms with Gasteiger partial charge in [0.05, 0.1) is 25.0 Å². The number of rotatable bonds is 9. The van der Waals surface area contributed by atoms with Crippen molar-refractivity contribution in [1.82, 2.24) is 10.2 Å². The highest BCUT2D eigenvalue weighted by atomic mass is 32.2. The molecule has 0 aromatic rings. The van der Waals surface area contributed by atoms with Crippen molar-refractivity contribution in [1.29, 1.82) is 0 Å². The van der Waals surface area contributed by atoms with Gasteiger partial charge < -0.3 is 19.7 Å². The third-order valence-corrected chi connectivity index (χ3v) is 4.88. The number of carbonyl (C=O) groups excluding carboxylic acids is 1. The zero-order valence-corrected chi connectivity index (χ0v) is 13.7. The molecule has 0 bridgehead atoms. The van der Waals surface area contributed by atoms with Crippen molar-refractivity contribution in [2.45, 2.75) is 31.1 Å². The summed E-state index contributed by atoms with van der Waals surface area (Å²) >= 11 is 1.79. The van der Waals surface area contributed by atoms with Gasteiger partial charge in [0.15, 0.2) is 0 Å². The summed E-state index contributed by atoms with van der Waals surface area (Å²) in [6.07, 6.45) is 2.31. The minimum absolute atomic E-state index is 0.0938. The fraction of sp³-hybridized carbons (Fsp3) is 0.929. The SMILES string of the molecule is COCCN(C(=O)CSC1CCNCC1)C(C)COC. The monoisotopic (exact) mass is 304 g/mol. The van der Waals surface area contributed by atoms with Crippen molar-refractivity contribution in [2.75, 3.05) is 52.8 Å². The zero-order chi connectivity index (χ0) is 14.8. The number of nitrogens with one attached hydrogen (secondary N) is 1. The smallest absolute Gasteiger partial charge is 0.232 e. The average Bonchev–Trinajstić information content (AvgIpc) is 2.47. The summed E-state index contributed by atoms with van der Waals surface area (Å²) in [5, 5.41) is 3.96. The van der Waals surface area contributed by atoms with Crippen LogP contribution in [-0.4, -0.2) is 74.9 Å². The molecule has 1 aliphatic rings. The number of ether oxygens (including phenoxy) is 2. The molecular weight excluding hydrogens is 276 g/mol. The predicted octanol–water partition coefficient (Wildman–Crippen LogP) is 0.982. The standard InChI is InChI=1S/C14H28N2O3S/c1-12(10-19-3)16(8-9-18-2)14(17)11-20-13-4-6-15-7-5-13/h12-13,15H,4-11H2,1-3H3. The largest absolute Gasteiger partial charge is 0.383 e. The molecule has 0 aliphatic carbocycles. The van der Waals surface area contributed by atoms with E-state index in [1.165, 1.54) is 0 Å². The summed E-state index contributed by atoms with van der Waals surface area (Å²) in [6.45, 7) is 5.92. The second-order valence-electron chi connectivity index (χ2n) is 5.14. The van der Waals surface area contributed by atoms with E-state index in [4.69, 9.17) is 9.47 Å². The van der Waals surface area contributed by atoms with E-state index < -0.39 is 0 Å². The summed E-state index contributed by atoms with van der Waals surface area (Å²) in [4.78, 5) is 14.3. The molecule has 1 amide bonds. The lowest BCUT2D eigenvalue weighted by atomic mass is 10.2. The maximum atomic E-state index is 12.4. The second kappa shape index (κ2) is 10.4. The summed E-state index contributed by atoms with van der Waals surface area (Å²) in [7, 11) is 3.33. The molecular formula is C14H28N2O3S. The van der Waals surface area contributed by atoms with Crippen LogP contribution in [0.1, 0.15) is 19.8 Å². The molecule has 0 aromatic carbocycles. The van der Waals surface area contributed by atoms with E-state index in [0.29, 0.717) is 30.8 Å². The Morgan fingerprint density at radius 3 is 2.65 bits per heavy atom. The Bertz CT molecular complexity index is 273. The van der Waals surface area contributed by atoms with Gasteiger partial charge in [-0.05, 0) is 32.9 Å². The molecule has 1 N–H and O–H groups in total. The van der Waals surface area contributed by atoms with Gasteiger partial charge in [-0.1, -0.05) is 0 Å². The lowest BCUT2D eigenvalue weighted by Crippen LogP contribution is -2.44. The minimum Gasteiger partial charge on any atom is -0.383 e. The Morgan fingerprint density at radius 1 is 1.35 bits per heavy atom. The Morgan fingerprint density at radius 2 is 2.05 bits per heavy atom. The van der Waals surface area contributed by atoms with Crippen molar-refractivity contribution in [3.05, 3.63) is 0 Å². The van der Waals surface area contributed by atoms with Crippen molar-refractivity contribution < 1.29 is 14.3 Å². The van der Waals surface area contributed by atoms with Crippen LogP contribution in [0.3, 0.4) is 0 Å². The quantitative estimate of drug-likeness (QED) is 0.688. The number of methoxy groups -OCH3 is 2. The van der Waals surface area contributed by atoms with Gasteiger partial charge in [-0.15, -0.1) is 11.8 Å². The molecule has 1 atom stereocenters.